The lowest BCUT2D eigenvalue weighted by atomic mass is 10.1. The van der Waals surface area contributed by atoms with E-state index in [1.165, 1.54) is 4.90 Å². The van der Waals surface area contributed by atoms with E-state index in [4.69, 9.17) is 11.6 Å². The number of amides is 1. The van der Waals surface area contributed by atoms with Crippen LogP contribution in [0.5, 0.6) is 0 Å². The van der Waals surface area contributed by atoms with Crippen LogP contribution < -0.4 is 4.90 Å². The number of ketones is 1. The molecule has 2 aromatic carbocycles. The zero-order valence-electron chi connectivity index (χ0n) is 11.6. The first kappa shape index (κ1) is 13.8. The van der Waals surface area contributed by atoms with Gasteiger partial charge in [-0.1, -0.05) is 36.7 Å². The van der Waals surface area contributed by atoms with Gasteiger partial charge < -0.3 is 4.90 Å². The van der Waals surface area contributed by atoms with Gasteiger partial charge in [0.25, 0.3) is 11.7 Å². The molecule has 106 valence electrons. The standard InChI is InChI=1S/C17H14ClNO2/c1-2-11-5-8-15-14(9-11)16(20)17(21)19(15)10-12-3-6-13(18)7-4-12/h3-9H,2,10H2,1H3. The first-order valence-corrected chi connectivity index (χ1v) is 7.21. The SMILES string of the molecule is CCc1ccc2c(c1)C(=O)C(=O)N2Cc1ccc(Cl)cc1. The van der Waals surface area contributed by atoms with Crippen molar-refractivity contribution >= 4 is 29.0 Å². The Morgan fingerprint density at radius 3 is 2.33 bits per heavy atom. The third-order valence-electron chi connectivity index (χ3n) is 3.70. The topological polar surface area (TPSA) is 37.4 Å². The Hall–Kier alpha value is -2.13. The van der Waals surface area contributed by atoms with Gasteiger partial charge in [-0.05, 0) is 41.8 Å². The molecular formula is C17H14ClNO2. The van der Waals surface area contributed by atoms with Crippen LogP contribution in [0.2, 0.25) is 5.02 Å². The summed E-state index contributed by atoms with van der Waals surface area (Å²) in [6.45, 7) is 2.40. The van der Waals surface area contributed by atoms with Crippen LogP contribution in [0, 0.1) is 0 Å². The van der Waals surface area contributed by atoms with Gasteiger partial charge in [0.15, 0.2) is 0 Å². The monoisotopic (exact) mass is 299 g/mol. The third-order valence-corrected chi connectivity index (χ3v) is 3.95. The molecule has 4 heteroatoms. The van der Waals surface area contributed by atoms with Crippen LogP contribution in [-0.4, -0.2) is 11.7 Å². The molecule has 0 N–H and O–H groups in total. The Morgan fingerprint density at radius 2 is 1.67 bits per heavy atom. The van der Waals surface area contributed by atoms with E-state index in [1.54, 1.807) is 12.1 Å². The number of hydrogen-bond acceptors (Lipinski definition) is 2. The lowest BCUT2D eigenvalue weighted by Gasteiger charge is -2.16. The fourth-order valence-corrected chi connectivity index (χ4v) is 2.62. The molecule has 0 bridgehead atoms. The minimum absolute atomic E-state index is 0.375. The third kappa shape index (κ3) is 2.45. The highest BCUT2D eigenvalue weighted by atomic mass is 35.5. The van der Waals surface area contributed by atoms with Crippen LogP contribution in [0.25, 0.3) is 0 Å². The summed E-state index contributed by atoms with van der Waals surface area (Å²) < 4.78 is 0. The highest BCUT2D eigenvalue weighted by Crippen LogP contribution is 2.31. The van der Waals surface area contributed by atoms with Crippen LogP contribution in [-0.2, 0) is 17.8 Å². The van der Waals surface area contributed by atoms with Crippen molar-refractivity contribution in [1.82, 2.24) is 0 Å². The number of fused-ring (bicyclic) bond motifs is 1. The zero-order chi connectivity index (χ0) is 15.0. The average molecular weight is 300 g/mol. The summed E-state index contributed by atoms with van der Waals surface area (Å²) in [5, 5.41) is 0.649. The van der Waals surface area contributed by atoms with Gasteiger partial charge in [-0.3, -0.25) is 9.59 Å². The highest BCUT2D eigenvalue weighted by molar-refractivity contribution is 6.52. The number of aryl methyl sites for hydroxylation is 1. The molecule has 21 heavy (non-hydrogen) atoms. The first-order valence-electron chi connectivity index (χ1n) is 6.83. The van der Waals surface area contributed by atoms with E-state index < -0.39 is 11.7 Å². The quantitative estimate of drug-likeness (QED) is 0.812. The molecule has 1 amide bonds. The van der Waals surface area contributed by atoms with Crippen LogP contribution in [0.3, 0.4) is 0 Å². The molecule has 0 radical (unpaired) electrons. The van der Waals surface area contributed by atoms with Crippen LogP contribution in [0.4, 0.5) is 5.69 Å². The second-order valence-corrected chi connectivity index (χ2v) is 5.49. The Labute approximate surface area is 128 Å². The fraction of sp³-hybridized carbons (Fsp3) is 0.176. The van der Waals surface area contributed by atoms with Crippen LogP contribution in [0.15, 0.2) is 42.5 Å². The number of benzene rings is 2. The van der Waals surface area contributed by atoms with Crippen molar-refractivity contribution in [3.8, 4) is 0 Å². The number of nitrogens with zero attached hydrogens (tertiary/aromatic N) is 1. The van der Waals surface area contributed by atoms with Crippen molar-refractivity contribution < 1.29 is 9.59 Å². The largest absolute Gasteiger partial charge is 0.300 e. The van der Waals surface area contributed by atoms with Gasteiger partial charge >= 0.3 is 0 Å². The fourth-order valence-electron chi connectivity index (χ4n) is 2.50. The lowest BCUT2D eigenvalue weighted by Crippen LogP contribution is -2.29. The van der Waals surface area contributed by atoms with E-state index in [-0.39, 0.29) is 0 Å². The van der Waals surface area contributed by atoms with Crippen LogP contribution >= 0.6 is 11.6 Å². The molecule has 1 aliphatic heterocycles. The van der Waals surface area contributed by atoms with Gasteiger partial charge in [0.2, 0.25) is 0 Å². The molecule has 0 atom stereocenters. The minimum Gasteiger partial charge on any atom is -0.300 e. The van der Waals surface area contributed by atoms with E-state index in [9.17, 15) is 9.59 Å². The van der Waals surface area contributed by atoms with Crippen molar-refractivity contribution in [3.05, 3.63) is 64.2 Å². The van der Waals surface area contributed by atoms with E-state index >= 15 is 0 Å². The van der Waals surface area contributed by atoms with Gasteiger partial charge in [-0.15, -0.1) is 0 Å². The summed E-state index contributed by atoms with van der Waals surface area (Å²) in [7, 11) is 0. The van der Waals surface area contributed by atoms with E-state index in [2.05, 4.69) is 0 Å². The van der Waals surface area contributed by atoms with E-state index in [0.717, 1.165) is 17.5 Å². The van der Waals surface area contributed by atoms with Gasteiger partial charge in [-0.2, -0.15) is 0 Å². The molecule has 0 fully saturated rings. The van der Waals surface area contributed by atoms with Crippen molar-refractivity contribution in [2.45, 2.75) is 19.9 Å². The summed E-state index contributed by atoms with van der Waals surface area (Å²) in [4.78, 5) is 25.8. The number of carbonyl (C=O) groups is 2. The molecule has 0 saturated heterocycles. The highest BCUT2D eigenvalue weighted by Gasteiger charge is 2.35. The second kappa shape index (κ2) is 5.34. The predicted octanol–water partition coefficient (Wildman–Crippen LogP) is 3.63. The molecular weight excluding hydrogens is 286 g/mol. The van der Waals surface area contributed by atoms with Gasteiger partial charge in [0.1, 0.15) is 0 Å². The van der Waals surface area contributed by atoms with E-state index in [0.29, 0.717) is 22.8 Å². The van der Waals surface area contributed by atoms with Gasteiger partial charge in [0, 0.05) is 5.02 Å². The molecule has 3 nitrogen and oxygen atoms in total. The summed E-state index contributed by atoms with van der Waals surface area (Å²) in [6, 6.07) is 12.9. The van der Waals surface area contributed by atoms with Gasteiger partial charge in [-0.25, -0.2) is 0 Å². The predicted molar refractivity (Wildman–Crippen MR) is 82.8 cm³/mol. The number of halogens is 1. The number of rotatable bonds is 3. The molecule has 1 aliphatic rings. The molecule has 0 unspecified atom stereocenters. The van der Waals surface area contributed by atoms with Crippen molar-refractivity contribution in [2.75, 3.05) is 4.90 Å². The molecule has 3 rings (SSSR count). The summed E-state index contributed by atoms with van der Waals surface area (Å²) >= 11 is 5.86. The number of Topliss-reactive ketones (excluding diaryl/α,β-unsaturated/α-hetero) is 1. The Kier molecular flexibility index (Phi) is 3.52. The molecule has 0 saturated carbocycles. The first-order chi connectivity index (χ1) is 10.1. The van der Waals surface area contributed by atoms with Crippen molar-refractivity contribution in [1.29, 1.82) is 0 Å². The van der Waals surface area contributed by atoms with Gasteiger partial charge in [0.05, 0.1) is 17.8 Å². The molecule has 2 aromatic rings. The number of anilines is 1. The zero-order valence-corrected chi connectivity index (χ0v) is 12.4. The molecule has 0 aromatic heterocycles. The summed E-state index contributed by atoms with van der Waals surface area (Å²) in [5.41, 5.74) is 3.20. The van der Waals surface area contributed by atoms with Crippen molar-refractivity contribution in [3.63, 3.8) is 0 Å². The minimum atomic E-state index is -0.465. The van der Waals surface area contributed by atoms with Crippen LogP contribution in [0.1, 0.15) is 28.4 Å². The average Bonchev–Trinajstić information content (AvgIpc) is 2.74. The Balaban J connectivity index is 1.96. The maximum absolute atomic E-state index is 12.2. The lowest BCUT2D eigenvalue weighted by molar-refractivity contribution is -0.114. The maximum atomic E-state index is 12.2. The summed E-state index contributed by atoms with van der Waals surface area (Å²) in [5.74, 6) is -0.887. The maximum Gasteiger partial charge on any atom is 0.299 e. The summed E-state index contributed by atoms with van der Waals surface area (Å²) in [6.07, 6.45) is 0.839. The van der Waals surface area contributed by atoms with Crippen molar-refractivity contribution in [2.24, 2.45) is 0 Å². The Morgan fingerprint density at radius 1 is 1.00 bits per heavy atom. The molecule has 0 spiro atoms. The smallest absolute Gasteiger partial charge is 0.299 e. The number of hydrogen-bond donors (Lipinski definition) is 0. The second-order valence-electron chi connectivity index (χ2n) is 5.05. The molecule has 1 heterocycles. The Bertz CT molecular complexity index is 722. The van der Waals surface area contributed by atoms with E-state index in [1.807, 2.05) is 37.3 Å². The number of carbonyl (C=O) groups excluding carboxylic acids is 2. The normalized spacial score (nSPS) is 13.7. The molecule has 0 aliphatic carbocycles.